The molecule has 2 aromatic heterocycles. The molecule has 12 heteroatoms. The van der Waals surface area contributed by atoms with Crippen LogP contribution in [0.25, 0.3) is 22.8 Å². The SMILES string of the molecule is CCC(NC(=O)N=c1scc(C)n1-c1c(C)cc(C)cc1C)c1ccc(-c2ncn(-c3ccc(OC(F)(F)F)cc3)n2)cc1. The van der Waals surface area contributed by atoms with Crippen molar-refractivity contribution >= 4 is 17.4 Å². The summed E-state index contributed by atoms with van der Waals surface area (Å²) in [5.74, 6) is 0.127. The Morgan fingerprint density at radius 3 is 2.30 bits per heavy atom. The zero-order chi connectivity index (χ0) is 31.6. The Labute approximate surface area is 256 Å². The topological polar surface area (TPSA) is 86.3 Å². The Hall–Kier alpha value is -4.71. The number of hydrogen-bond donors (Lipinski definition) is 1. The van der Waals surface area contributed by atoms with Crippen LogP contribution in [0.15, 0.2) is 77.4 Å². The van der Waals surface area contributed by atoms with Gasteiger partial charge in [-0.05, 0) is 75.1 Å². The van der Waals surface area contributed by atoms with Gasteiger partial charge in [0.1, 0.15) is 12.1 Å². The number of aromatic nitrogens is 4. The van der Waals surface area contributed by atoms with Gasteiger partial charge < -0.3 is 10.1 Å². The molecule has 0 saturated carbocycles. The number of rotatable bonds is 7. The lowest BCUT2D eigenvalue weighted by Gasteiger charge is -2.17. The standard InChI is InChI=1S/C32H31F3N6O2S/c1-6-27(37-30(42)38-31-41(22(5)17-44-31)28-20(3)15-19(2)16-21(28)4)23-7-9-24(10-8-23)29-36-18-40(39-29)25-11-13-26(14-12-25)43-32(33,34)35/h7-18,27H,6H2,1-5H3,(H,37,42). The molecule has 3 aromatic carbocycles. The number of nitrogens with zero attached hydrogens (tertiary/aromatic N) is 5. The third-order valence-electron chi connectivity index (χ3n) is 7.04. The normalized spacial score (nSPS) is 12.8. The average Bonchev–Trinajstić information content (AvgIpc) is 3.59. The lowest BCUT2D eigenvalue weighted by Crippen LogP contribution is -2.28. The van der Waals surface area contributed by atoms with Crippen molar-refractivity contribution in [3.05, 3.63) is 105 Å². The van der Waals surface area contributed by atoms with Gasteiger partial charge in [-0.3, -0.25) is 4.57 Å². The van der Waals surface area contributed by atoms with E-state index < -0.39 is 12.4 Å². The largest absolute Gasteiger partial charge is 0.573 e. The lowest BCUT2D eigenvalue weighted by molar-refractivity contribution is -0.274. The summed E-state index contributed by atoms with van der Waals surface area (Å²) in [6, 6.07) is 16.5. The fourth-order valence-electron chi connectivity index (χ4n) is 5.14. The van der Waals surface area contributed by atoms with Crippen molar-refractivity contribution in [1.82, 2.24) is 24.6 Å². The molecule has 8 nitrogen and oxygen atoms in total. The van der Waals surface area contributed by atoms with Crippen molar-refractivity contribution in [3.63, 3.8) is 0 Å². The fraction of sp³-hybridized carbons (Fsp3) is 0.250. The highest BCUT2D eigenvalue weighted by atomic mass is 32.1. The van der Waals surface area contributed by atoms with Crippen molar-refractivity contribution in [2.75, 3.05) is 0 Å². The number of halogens is 3. The summed E-state index contributed by atoms with van der Waals surface area (Å²) in [4.78, 5) is 22.5. The molecule has 0 saturated heterocycles. The molecule has 0 aliphatic rings. The van der Waals surface area contributed by atoms with Gasteiger partial charge >= 0.3 is 12.4 Å². The molecule has 0 spiro atoms. The van der Waals surface area contributed by atoms with E-state index in [2.05, 4.69) is 58.0 Å². The first-order valence-corrected chi connectivity index (χ1v) is 14.8. The first-order valence-electron chi connectivity index (χ1n) is 13.9. The lowest BCUT2D eigenvalue weighted by atomic mass is 10.0. The molecule has 5 rings (SSSR count). The monoisotopic (exact) mass is 620 g/mol. The maximum absolute atomic E-state index is 13.1. The van der Waals surface area contributed by atoms with Crippen molar-refractivity contribution < 1.29 is 22.7 Å². The van der Waals surface area contributed by atoms with E-state index in [1.165, 1.54) is 52.2 Å². The van der Waals surface area contributed by atoms with Crippen LogP contribution in [-0.2, 0) is 0 Å². The van der Waals surface area contributed by atoms with Crippen LogP contribution in [0.2, 0.25) is 0 Å². The zero-order valence-corrected chi connectivity index (χ0v) is 25.6. The van der Waals surface area contributed by atoms with Crippen LogP contribution in [0.4, 0.5) is 18.0 Å². The summed E-state index contributed by atoms with van der Waals surface area (Å²) in [5.41, 5.74) is 7.63. The molecule has 228 valence electrons. The van der Waals surface area contributed by atoms with Gasteiger partial charge in [0.15, 0.2) is 10.6 Å². The van der Waals surface area contributed by atoms with Crippen LogP contribution < -0.4 is 14.9 Å². The van der Waals surface area contributed by atoms with Crippen molar-refractivity contribution in [1.29, 1.82) is 0 Å². The molecule has 0 fully saturated rings. The van der Waals surface area contributed by atoms with E-state index in [1.54, 1.807) is 0 Å². The second-order valence-corrected chi connectivity index (χ2v) is 11.3. The van der Waals surface area contributed by atoms with Gasteiger partial charge in [-0.25, -0.2) is 14.5 Å². The smallest absolute Gasteiger partial charge is 0.406 e. The molecule has 1 atom stereocenters. The summed E-state index contributed by atoms with van der Waals surface area (Å²) in [5, 5.41) is 9.48. The third-order valence-corrected chi connectivity index (χ3v) is 7.98. The van der Waals surface area contributed by atoms with E-state index in [1.807, 2.05) is 48.1 Å². The minimum Gasteiger partial charge on any atom is -0.406 e. The minimum absolute atomic E-state index is 0.263. The predicted molar refractivity (Wildman–Crippen MR) is 163 cm³/mol. The van der Waals surface area contributed by atoms with Crippen molar-refractivity contribution in [3.8, 4) is 28.5 Å². The number of hydrogen-bond acceptors (Lipinski definition) is 5. The summed E-state index contributed by atoms with van der Waals surface area (Å²) in [7, 11) is 0. The predicted octanol–water partition coefficient (Wildman–Crippen LogP) is 7.68. The summed E-state index contributed by atoms with van der Waals surface area (Å²) < 4.78 is 44.7. The van der Waals surface area contributed by atoms with E-state index in [9.17, 15) is 18.0 Å². The molecule has 0 aliphatic heterocycles. The molecule has 0 radical (unpaired) electrons. The number of thiazole rings is 1. The number of ether oxygens (including phenoxy) is 1. The van der Waals surface area contributed by atoms with E-state index >= 15 is 0 Å². The Morgan fingerprint density at radius 1 is 1.02 bits per heavy atom. The van der Waals surface area contributed by atoms with Gasteiger partial charge in [0, 0.05) is 16.6 Å². The number of aryl methyl sites for hydroxylation is 4. The van der Waals surface area contributed by atoms with Crippen LogP contribution in [0.1, 0.15) is 47.3 Å². The number of urea groups is 1. The molecular formula is C32H31F3N6O2S. The number of alkyl halides is 3. The molecule has 44 heavy (non-hydrogen) atoms. The van der Waals surface area contributed by atoms with Gasteiger partial charge in [0.2, 0.25) is 0 Å². The number of nitrogens with one attached hydrogen (secondary N) is 1. The highest BCUT2D eigenvalue weighted by molar-refractivity contribution is 7.07. The number of carbonyl (C=O) groups excluding carboxylic acids is 1. The van der Waals surface area contributed by atoms with Crippen LogP contribution in [-0.4, -0.2) is 31.7 Å². The molecular weight excluding hydrogens is 589 g/mol. The van der Waals surface area contributed by atoms with Crippen molar-refractivity contribution in [2.45, 2.75) is 53.4 Å². The first-order chi connectivity index (χ1) is 20.9. The van der Waals surface area contributed by atoms with Crippen LogP contribution in [0.3, 0.4) is 0 Å². The Kier molecular flexibility index (Phi) is 8.73. The summed E-state index contributed by atoms with van der Waals surface area (Å²) in [6.45, 7) is 10.2. The Bertz CT molecular complexity index is 1830. The number of amides is 2. The minimum atomic E-state index is -4.76. The highest BCUT2D eigenvalue weighted by Crippen LogP contribution is 2.26. The van der Waals surface area contributed by atoms with Crippen LogP contribution in [0, 0.1) is 27.7 Å². The maximum atomic E-state index is 13.1. The summed E-state index contributed by atoms with van der Waals surface area (Å²) in [6.07, 6.45) is -2.62. The number of benzene rings is 3. The molecule has 0 bridgehead atoms. The van der Waals surface area contributed by atoms with E-state index in [0.717, 1.165) is 33.6 Å². The Balaban J connectivity index is 1.31. The molecule has 1 N–H and O–H groups in total. The molecule has 2 heterocycles. The van der Waals surface area contributed by atoms with Crippen LogP contribution >= 0.6 is 11.3 Å². The van der Waals surface area contributed by atoms with Gasteiger partial charge in [-0.15, -0.1) is 29.6 Å². The molecule has 2 amide bonds. The quantitative estimate of drug-likeness (QED) is 0.202. The van der Waals surface area contributed by atoms with Gasteiger partial charge in [0.05, 0.1) is 17.4 Å². The molecule has 5 aromatic rings. The fourth-order valence-corrected chi connectivity index (χ4v) is 6.00. The maximum Gasteiger partial charge on any atom is 0.573 e. The summed E-state index contributed by atoms with van der Waals surface area (Å²) >= 11 is 1.42. The molecule has 0 aliphatic carbocycles. The van der Waals surface area contributed by atoms with Crippen LogP contribution in [0.5, 0.6) is 5.75 Å². The third kappa shape index (κ3) is 6.91. The number of carbonyl (C=O) groups is 1. The van der Waals surface area contributed by atoms with Gasteiger partial charge in [0.25, 0.3) is 0 Å². The highest BCUT2D eigenvalue weighted by Gasteiger charge is 2.31. The van der Waals surface area contributed by atoms with Crippen molar-refractivity contribution in [2.24, 2.45) is 4.99 Å². The second-order valence-electron chi connectivity index (χ2n) is 10.4. The second kappa shape index (κ2) is 12.5. The Morgan fingerprint density at radius 2 is 1.68 bits per heavy atom. The first kappa shape index (κ1) is 30.7. The zero-order valence-electron chi connectivity index (χ0n) is 24.8. The van der Waals surface area contributed by atoms with E-state index in [0.29, 0.717) is 22.7 Å². The van der Waals surface area contributed by atoms with E-state index in [4.69, 9.17) is 0 Å². The van der Waals surface area contributed by atoms with Gasteiger partial charge in [-0.2, -0.15) is 4.99 Å². The average molecular weight is 621 g/mol. The molecule has 1 unspecified atom stereocenters. The van der Waals surface area contributed by atoms with E-state index in [-0.39, 0.29) is 11.8 Å². The van der Waals surface area contributed by atoms with Gasteiger partial charge in [-0.1, -0.05) is 48.9 Å².